The zero-order valence-corrected chi connectivity index (χ0v) is 12.3. The van der Waals surface area contributed by atoms with E-state index in [0.29, 0.717) is 6.54 Å². The summed E-state index contributed by atoms with van der Waals surface area (Å²) in [7, 11) is 0. The molecule has 0 radical (unpaired) electrons. The van der Waals surface area contributed by atoms with Gasteiger partial charge in [-0.2, -0.15) is 0 Å². The quantitative estimate of drug-likeness (QED) is 0.707. The third-order valence-electron chi connectivity index (χ3n) is 2.35. The lowest BCUT2D eigenvalue weighted by molar-refractivity contribution is -0.122. The summed E-state index contributed by atoms with van der Waals surface area (Å²) in [4.78, 5) is 13.8. The number of amides is 1. The van der Waals surface area contributed by atoms with Crippen molar-refractivity contribution in [3.63, 3.8) is 0 Å². The minimum atomic E-state index is 0.109. The zero-order valence-electron chi connectivity index (χ0n) is 12.3. The van der Waals surface area contributed by atoms with E-state index < -0.39 is 0 Å². The molecule has 0 heterocycles. The molecular weight excluding hydrogens is 214 g/mol. The lowest BCUT2D eigenvalue weighted by atomic mass is 10.1. The SMILES string of the molecule is CCN(CCNC(C)(C)C)CC(=O)NC(C)C. The van der Waals surface area contributed by atoms with Crippen LogP contribution in [-0.2, 0) is 4.79 Å². The molecule has 2 N–H and O–H groups in total. The van der Waals surface area contributed by atoms with Crippen LogP contribution in [0, 0.1) is 0 Å². The molecule has 4 heteroatoms. The molecule has 0 saturated carbocycles. The summed E-state index contributed by atoms with van der Waals surface area (Å²) in [5.41, 5.74) is 0.138. The summed E-state index contributed by atoms with van der Waals surface area (Å²) in [6, 6.07) is 0.217. The average Bonchev–Trinajstić information content (AvgIpc) is 2.12. The van der Waals surface area contributed by atoms with Crippen LogP contribution in [-0.4, -0.2) is 48.6 Å². The highest BCUT2D eigenvalue weighted by Crippen LogP contribution is 1.97. The first-order chi connectivity index (χ1) is 7.74. The van der Waals surface area contributed by atoms with E-state index in [0.717, 1.165) is 19.6 Å². The molecule has 0 saturated heterocycles. The highest BCUT2D eigenvalue weighted by Gasteiger charge is 2.12. The molecule has 0 aromatic heterocycles. The van der Waals surface area contributed by atoms with Crippen molar-refractivity contribution in [3.05, 3.63) is 0 Å². The predicted octanol–water partition coefficient (Wildman–Crippen LogP) is 1.22. The fourth-order valence-electron chi connectivity index (χ4n) is 1.51. The van der Waals surface area contributed by atoms with Gasteiger partial charge in [-0.05, 0) is 41.2 Å². The molecule has 0 fully saturated rings. The second-order valence-electron chi connectivity index (χ2n) is 5.77. The van der Waals surface area contributed by atoms with Gasteiger partial charge < -0.3 is 10.6 Å². The number of rotatable bonds is 7. The van der Waals surface area contributed by atoms with Crippen LogP contribution in [0.3, 0.4) is 0 Å². The fraction of sp³-hybridized carbons (Fsp3) is 0.923. The summed E-state index contributed by atoms with van der Waals surface area (Å²) >= 11 is 0. The minimum Gasteiger partial charge on any atom is -0.353 e. The van der Waals surface area contributed by atoms with Crippen molar-refractivity contribution >= 4 is 5.91 Å². The molecule has 0 aliphatic rings. The highest BCUT2D eigenvalue weighted by molar-refractivity contribution is 5.78. The van der Waals surface area contributed by atoms with E-state index in [-0.39, 0.29) is 17.5 Å². The summed E-state index contributed by atoms with van der Waals surface area (Å²) < 4.78 is 0. The molecule has 0 atom stereocenters. The number of nitrogens with one attached hydrogen (secondary N) is 2. The maximum atomic E-state index is 11.6. The van der Waals surface area contributed by atoms with Gasteiger partial charge >= 0.3 is 0 Å². The van der Waals surface area contributed by atoms with Crippen LogP contribution < -0.4 is 10.6 Å². The number of nitrogens with zero attached hydrogens (tertiary/aromatic N) is 1. The van der Waals surface area contributed by atoms with E-state index in [2.05, 4.69) is 43.2 Å². The van der Waals surface area contributed by atoms with Gasteiger partial charge in [0.15, 0.2) is 0 Å². The summed E-state index contributed by atoms with van der Waals surface area (Å²) in [5.74, 6) is 0.109. The van der Waals surface area contributed by atoms with Gasteiger partial charge in [0.25, 0.3) is 0 Å². The van der Waals surface area contributed by atoms with Crippen LogP contribution in [0.4, 0.5) is 0 Å². The first-order valence-corrected chi connectivity index (χ1v) is 6.51. The Morgan fingerprint density at radius 3 is 2.29 bits per heavy atom. The van der Waals surface area contributed by atoms with Crippen LogP contribution in [0.1, 0.15) is 41.5 Å². The van der Waals surface area contributed by atoms with E-state index in [4.69, 9.17) is 0 Å². The lowest BCUT2D eigenvalue weighted by Crippen LogP contribution is -2.45. The summed E-state index contributed by atoms with van der Waals surface area (Å²) in [6.07, 6.45) is 0. The maximum absolute atomic E-state index is 11.6. The molecule has 0 aromatic rings. The van der Waals surface area contributed by atoms with Crippen molar-refractivity contribution < 1.29 is 4.79 Å². The van der Waals surface area contributed by atoms with Crippen LogP contribution in [0.5, 0.6) is 0 Å². The third-order valence-corrected chi connectivity index (χ3v) is 2.35. The van der Waals surface area contributed by atoms with Gasteiger partial charge in [0.2, 0.25) is 5.91 Å². The number of carbonyl (C=O) groups excluding carboxylic acids is 1. The standard InChI is InChI=1S/C13H29N3O/c1-7-16(9-8-14-13(4,5)6)10-12(17)15-11(2)3/h11,14H,7-10H2,1-6H3,(H,15,17). The predicted molar refractivity (Wildman–Crippen MR) is 73.1 cm³/mol. The highest BCUT2D eigenvalue weighted by atomic mass is 16.2. The van der Waals surface area contributed by atoms with E-state index >= 15 is 0 Å². The number of hydrogen-bond acceptors (Lipinski definition) is 3. The average molecular weight is 243 g/mol. The van der Waals surface area contributed by atoms with Gasteiger partial charge in [0.1, 0.15) is 0 Å². The zero-order chi connectivity index (χ0) is 13.5. The van der Waals surface area contributed by atoms with Crippen molar-refractivity contribution in [2.75, 3.05) is 26.2 Å². The van der Waals surface area contributed by atoms with Gasteiger partial charge in [-0.3, -0.25) is 9.69 Å². The van der Waals surface area contributed by atoms with Crippen LogP contribution in [0.2, 0.25) is 0 Å². The summed E-state index contributed by atoms with van der Waals surface area (Å²) in [5, 5.41) is 6.34. The van der Waals surface area contributed by atoms with Crippen molar-refractivity contribution in [3.8, 4) is 0 Å². The lowest BCUT2D eigenvalue weighted by Gasteiger charge is -2.25. The number of likely N-dealkylation sites (N-methyl/N-ethyl adjacent to an activating group) is 1. The van der Waals surface area contributed by atoms with Crippen molar-refractivity contribution in [1.82, 2.24) is 15.5 Å². The van der Waals surface area contributed by atoms with Gasteiger partial charge in [0, 0.05) is 24.7 Å². The fourth-order valence-corrected chi connectivity index (χ4v) is 1.51. The Hall–Kier alpha value is -0.610. The number of carbonyl (C=O) groups is 1. The molecule has 0 unspecified atom stereocenters. The van der Waals surface area contributed by atoms with Crippen molar-refractivity contribution in [2.24, 2.45) is 0 Å². The van der Waals surface area contributed by atoms with E-state index in [1.807, 2.05) is 13.8 Å². The maximum Gasteiger partial charge on any atom is 0.234 e. The smallest absolute Gasteiger partial charge is 0.234 e. The van der Waals surface area contributed by atoms with Crippen molar-refractivity contribution in [1.29, 1.82) is 0 Å². The van der Waals surface area contributed by atoms with E-state index in [1.165, 1.54) is 0 Å². The monoisotopic (exact) mass is 243 g/mol. The summed E-state index contributed by atoms with van der Waals surface area (Å²) in [6.45, 7) is 15.7. The van der Waals surface area contributed by atoms with Gasteiger partial charge in [-0.25, -0.2) is 0 Å². The van der Waals surface area contributed by atoms with Crippen molar-refractivity contribution in [2.45, 2.75) is 53.1 Å². The number of hydrogen-bond donors (Lipinski definition) is 2. The first kappa shape index (κ1) is 16.4. The van der Waals surface area contributed by atoms with Crippen LogP contribution >= 0.6 is 0 Å². The van der Waals surface area contributed by atoms with E-state index in [9.17, 15) is 4.79 Å². The molecule has 0 aliphatic heterocycles. The first-order valence-electron chi connectivity index (χ1n) is 6.51. The molecule has 0 bridgehead atoms. The molecule has 0 aromatic carbocycles. The molecule has 1 amide bonds. The van der Waals surface area contributed by atoms with Crippen LogP contribution in [0.15, 0.2) is 0 Å². The van der Waals surface area contributed by atoms with Gasteiger partial charge in [-0.15, -0.1) is 0 Å². The molecule has 0 rings (SSSR count). The minimum absolute atomic E-state index is 0.109. The molecule has 0 spiro atoms. The topological polar surface area (TPSA) is 44.4 Å². The Morgan fingerprint density at radius 1 is 1.29 bits per heavy atom. The second kappa shape index (κ2) is 7.67. The Morgan fingerprint density at radius 2 is 1.88 bits per heavy atom. The van der Waals surface area contributed by atoms with E-state index in [1.54, 1.807) is 0 Å². The molecular formula is C13H29N3O. The molecule has 4 nitrogen and oxygen atoms in total. The Balaban J connectivity index is 3.88. The molecule has 102 valence electrons. The third kappa shape index (κ3) is 10.3. The van der Waals surface area contributed by atoms with Gasteiger partial charge in [0.05, 0.1) is 6.54 Å². The molecule has 0 aliphatic carbocycles. The second-order valence-corrected chi connectivity index (χ2v) is 5.77. The Bertz CT molecular complexity index is 221. The van der Waals surface area contributed by atoms with Gasteiger partial charge in [-0.1, -0.05) is 6.92 Å². The van der Waals surface area contributed by atoms with Crippen LogP contribution in [0.25, 0.3) is 0 Å². The molecule has 17 heavy (non-hydrogen) atoms. The Labute approximate surface area is 106 Å². The largest absolute Gasteiger partial charge is 0.353 e. The Kier molecular flexibility index (Phi) is 7.39. The normalized spacial score (nSPS) is 12.2.